The minimum absolute atomic E-state index is 0.0576. The molecule has 0 radical (unpaired) electrons. The van der Waals surface area contributed by atoms with E-state index in [0.717, 1.165) is 10.5 Å². The third-order valence-corrected chi connectivity index (χ3v) is 4.04. The minimum Gasteiger partial charge on any atom is -0.398 e. The topological polar surface area (TPSA) is 101 Å². The second-order valence-electron chi connectivity index (χ2n) is 3.52. The second kappa shape index (κ2) is 6.25. The largest absolute Gasteiger partial charge is 0.398 e. The van der Waals surface area contributed by atoms with Gasteiger partial charge in [0.05, 0.1) is 12.4 Å². The van der Waals surface area contributed by atoms with E-state index >= 15 is 0 Å². The maximum absolute atomic E-state index is 10.5. The lowest BCUT2D eigenvalue weighted by molar-refractivity contribution is 0.282. The molecule has 0 spiro atoms. The van der Waals surface area contributed by atoms with E-state index in [4.69, 9.17) is 15.4 Å². The predicted molar refractivity (Wildman–Crippen MR) is 68.5 cm³/mol. The molecule has 96 valence electrons. The average Bonchev–Trinajstić information content (AvgIpc) is 2.24. The first-order valence-corrected chi connectivity index (χ1v) is 7.59. The summed E-state index contributed by atoms with van der Waals surface area (Å²) in [4.78, 5) is 0.845. The lowest BCUT2D eigenvalue weighted by atomic mass is 10.2. The van der Waals surface area contributed by atoms with Gasteiger partial charge in [-0.3, -0.25) is 4.55 Å². The molecule has 1 aromatic rings. The molecule has 0 heterocycles. The van der Waals surface area contributed by atoms with Crippen molar-refractivity contribution in [3.05, 3.63) is 23.8 Å². The summed E-state index contributed by atoms with van der Waals surface area (Å²) in [5.74, 6) is 0.317. The number of nitrogens with two attached hydrogens (primary N) is 1. The van der Waals surface area contributed by atoms with Crippen molar-refractivity contribution in [1.82, 2.24) is 0 Å². The Bertz CT molecular complexity index is 473. The third-order valence-electron chi connectivity index (χ3n) is 2.06. The molecular formula is C10H15NO4S2. The van der Waals surface area contributed by atoms with Crippen LogP contribution in [0.15, 0.2) is 23.1 Å². The van der Waals surface area contributed by atoms with Crippen LogP contribution < -0.4 is 5.73 Å². The second-order valence-corrected chi connectivity index (χ2v) is 6.23. The minimum atomic E-state index is -3.88. The van der Waals surface area contributed by atoms with Gasteiger partial charge in [-0.2, -0.15) is 8.42 Å². The zero-order chi connectivity index (χ0) is 12.9. The fourth-order valence-electron chi connectivity index (χ4n) is 1.25. The highest BCUT2D eigenvalue weighted by molar-refractivity contribution is 7.99. The van der Waals surface area contributed by atoms with E-state index in [-0.39, 0.29) is 12.4 Å². The summed E-state index contributed by atoms with van der Waals surface area (Å²) in [6.07, 6.45) is 0.366. The van der Waals surface area contributed by atoms with E-state index < -0.39 is 10.1 Å². The number of aliphatic hydroxyl groups is 1. The smallest absolute Gasteiger partial charge is 0.264 e. The molecule has 17 heavy (non-hydrogen) atoms. The number of hydrogen-bond acceptors (Lipinski definition) is 5. The van der Waals surface area contributed by atoms with Crippen LogP contribution in [0.3, 0.4) is 0 Å². The Morgan fingerprint density at radius 1 is 1.35 bits per heavy atom. The summed E-state index contributed by atoms with van der Waals surface area (Å²) in [5.41, 5.74) is 7.07. The van der Waals surface area contributed by atoms with E-state index in [1.165, 1.54) is 11.8 Å². The first-order valence-electron chi connectivity index (χ1n) is 4.99. The normalized spacial score (nSPS) is 11.6. The predicted octanol–water partition coefficient (Wildman–Crippen LogP) is 1.13. The molecule has 5 nitrogen and oxygen atoms in total. The van der Waals surface area contributed by atoms with Gasteiger partial charge in [0.2, 0.25) is 0 Å². The number of nitrogen functional groups attached to an aromatic ring is 1. The van der Waals surface area contributed by atoms with Crippen LogP contribution in [0.5, 0.6) is 0 Å². The first kappa shape index (κ1) is 14.3. The van der Waals surface area contributed by atoms with E-state index in [2.05, 4.69) is 0 Å². The summed E-state index contributed by atoms with van der Waals surface area (Å²) in [5, 5.41) is 8.90. The Morgan fingerprint density at radius 3 is 2.59 bits per heavy atom. The van der Waals surface area contributed by atoms with E-state index in [0.29, 0.717) is 17.9 Å². The Hall–Kier alpha value is -0.760. The number of thioether (sulfide) groups is 1. The van der Waals surface area contributed by atoms with Crippen LogP contribution in [0.2, 0.25) is 0 Å². The zero-order valence-electron chi connectivity index (χ0n) is 9.17. The van der Waals surface area contributed by atoms with Crippen LogP contribution in [0.4, 0.5) is 5.69 Å². The summed E-state index contributed by atoms with van der Waals surface area (Å²) >= 11 is 1.42. The number of benzene rings is 1. The van der Waals surface area contributed by atoms with Gasteiger partial charge in [0.1, 0.15) is 0 Å². The molecule has 0 unspecified atom stereocenters. The molecule has 1 rings (SSSR count). The summed E-state index contributed by atoms with van der Waals surface area (Å²) < 4.78 is 29.5. The van der Waals surface area contributed by atoms with Crippen molar-refractivity contribution in [3.8, 4) is 0 Å². The fraction of sp³-hybridized carbons (Fsp3) is 0.400. The van der Waals surface area contributed by atoms with Crippen LogP contribution in [-0.2, 0) is 16.7 Å². The Morgan fingerprint density at radius 2 is 2.06 bits per heavy atom. The molecule has 0 atom stereocenters. The van der Waals surface area contributed by atoms with Gasteiger partial charge in [-0.15, -0.1) is 11.8 Å². The van der Waals surface area contributed by atoms with Gasteiger partial charge in [-0.1, -0.05) is 6.07 Å². The van der Waals surface area contributed by atoms with Gasteiger partial charge in [-0.05, 0) is 29.9 Å². The molecular weight excluding hydrogens is 262 g/mol. The summed E-state index contributed by atoms with van der Waals surface area (Å²) in [6.45, 7) is -0.0576. The highest BCUT2D eigenvalue weighted by Crippen LogP contribution is 2.26. The molecule has 0 aliphatic heterocycles. The molecule has 0 aliphatic carbocycles. The number of hydrogen-bond donors (Lipinski definition) is 3. The number of rotatable bonds is 6. The van der Waals surface area contributed by atoms with E-state index in [9.17, 15) is 8.42 Å². The quantitative estimate of drug-likeness (QED) is 0.312. The van der Waals surface area contributed by atoms with Crippen molar-refractivity contribution >= 4 is 27.6 Å². The zero-order valence-corrected chi connectivity index (χ0v) is 10.8. The Labute approximate surface area is 105 Å². The van der Waals surface area contributed by atoms with Crippen molar-refractivity contribution in [2.24, 2.45) is 0 Å². The standard InChI is InChI=1S/C10H15NO4S2/c11-9-6-8(7-12)2-3-10(9)16-4-1-5-17(13,14)15/h2-3,6,12H,1,4-5,7,11H2,(H,13,14,15). The van der Waals surface area contributed by atoms with Crippen LogP contribution >= 0.6 is 11.8 Å². The summed E-state index contributed by atoms with van der Waals surface area (Å²) in [6, 6.07) is 5.24. The molecule has 0 bridgehead atoms. The molecule has 0 saturated carbocycles. The maximum Gasteiger partial charge on any atom is 0.264 e. The Kier molecular flexibility index (Phi) is 5.26. The van der Waals surface area contributed by atoms with Gasteiger partial charge in [-0.25, -0.2) is 0 Å². The SMILES string of the molecule is Nc1cc(CO)ccc1SCCCS(=O)(=O)O. The van der Waals surface area contributed by atoms with Gasteiger partial charge < -0.3 is 10.8 Å². The average molecular weight is 277 g/mol. The maximum atomic E-state index is 10.5. The molecule has 0 aromatic heterocycles. The van der Waals surface area contributed by atoms with Crippen molar-refractivity contribution in [2.75, 3.05) is 17.2 Å². The molecule has 0 fully saturated rings. The molecule has 1 aromatic carbocycles. The Balaban J connectivity index is 2.47. The van der Waals surface area contributed by atoms with Crippen LogP contribution in [0.25, 0.3) is 0 Å². The van der Waals surface area contributed by atoms with Gasteiger partial charge in [0, 0.05) is 10.6 Å². The molecule has 0 aliphatic rings. The van der Waals surface area contributed by atoms with Gasteiger partial charge >= 0.3 is 0 Å². The first-order chi connectivity index (χ1) is 7.92. The highest BCUT2D eigenvalue weighted by Gasteiger charge is 2.05. The summed E-state index contributed by atoms with van der Waals surface area (Å²) in [7, 11) is -3.88. The lowest BCUT2D eigenvalue weighted by Crippen LogP contribution is -2.04. The number of aliphatic hydroxyl groups excluding tert-OH is 1. The van der Waals surface area contributed by atoms with Crippen molar-refractivity contribution < 1.29 is 18.1 Å². The number of anilines is 1. The van der Waals surface area contributed by atoms with Crippen molar-refractivity contribution in [1.29, 1.82) is 0 Å². The molecule has 4 N–H and O–H groups in total. The van der Waals surface area contributed by atoms with Crippen LogP contribution in [0, 0.1) is 0 Å². The monoisotopic (exact) mass is 277 g/mol. The fourth-order valence-corrected chi connectivity index (χ4v) is 2.84. The molecule has 7 heteroatoms. The molecule has 0 amide bonds. The van der Waals surface area contributed by atoms with Gasteiger partial charge in [0.25, 0.3) is 10.1 Å². The van der Waals surface area contributed by atoms with Crippen LogP contribution in [-0.4, -0.2) is 29.6 Å². The van der Waals surface area contributed by atoms with Crippen molar-refractivity contribution in [3.63, 3.8) is 0 Å². The van der Waals surface area contributed by atoms with Crippen LogP contribution in [0.1, 0.15) is 12.0 Å². The molecule has 0 saturated heterocycles. The lowest BCUT2D eigenvalue weighted by Gasteiger charge is -2.06. The highest BCUT2D eigenvalue weighted by atomic mass is 32.2. The van der Waals surface area contributed by atoms with E-state index in [1.807, 2.05) is 0 Å². The van der Waals surface area contributed by atoms with E-state index in [1.54, 1.807) is 18.2 Å². The third kappa shape index (κ3) is 5.40. The van der Waals surface area contributed by atoms with Gasteiger partial charge in [0.15, 0.2) is 0 Å². The van der Waals surface area contributed by atoms with Crippen molar-refractivity contribution in [2.45, 2.75) is 17.9 Å².